The van der Waals surface area contributed by atoms with Crippen LogP contribution in [0.15, 0.2) is 45.7 Å². The Hall–Kier alpha value is -2.89. The molecule has 1 fully saturated rings. The van der Waals surface area contributed by atoms with Crippen molar-refractivity contribution in [3.8, 4) is 0 Å². The molecular formula is C19H19N3O3. The summed E-state index contributed by atoms with van der Waals surface area (Å²) in [7, 11) is 0. The lowest BCUT2D eigenvalue weighted by Crippen LogP contribution is -2.19. The quantitative estimate of drug-likeness (QED) is 0.791. The molecule has 0 saturated heterocycles. The van der Waals surface area contributed by atoms with Gasteiger partial charge in [-0.2, -0.15) is 5.10 Å². The van der Waals surface area contributed by atoms with Crippen LogP contribution in [-0.2, 0) is 0 Å². The fourth-order valence-electron chi connectivity index (χ4n) is 3.41. The fraction of sp³-hybridized carbons (Fsp3) is 0.316. The first-order valence-corrected chi connectivity index (χ1v) is 8.52. The van der Waals surface area contributed by atoms with E-state index in [0.29, 0.717) is 22.8 Å². The van der Waals surface area contributed by atoms with Crippen molar-refractivity contribution >= 4 is 22.7 Å². The molecule has 6 nitrogen and oxygen atoms in total. The van der Waals surface area contributed by atoms with E-state index in [1.54, 1.807) is 30.5 Å². The highest BCUT2D eigenvalue weighted by atomic mass is 16.3. The minimum atomic E-state index is -0.439. The van der Waals surface area contributed by atoms with Gasteiger partial charge >= 0.3 is 0 Å². The van der Waals surface area contributed by atoms with Crippen LogP contribution >= 0.6 is 0 Å². The van der Waals surface area contributed by atoms with Gasteiger partial charge in [0, 0.05) is 11.6 Å². The van der Waals surface area contributed by atoms with E-state index >= 15 is 0 Å². The lowest BCUT2D eigenvalue weighted by molar-refractivity contribution is 0.0996. The second kappa shape index (κ2) is 6.20. The van der Waals surface area contributed by atoms with Crippen molar-refractivity contribution in [2.24, 2.45) is 0 Å². The average Bonchev–Trinajstić information content (AvgIpc) is 3.25. The summed E-state index contributed by atoms with van der Waals surface area (Å²) in [6.45, 7) is 1.91. The number of amides is 1. The Morgan fingerprint density at radius 1 is 1.28 bits per heavy atom. The number of hydrogen-bond donors (Lipinski definition) is 1. The maximum atomic E-state index is 12.6. The number of fused-ring (bicyclic) bond motifs is 1. The first-order chi connectivity index (χ1) is 12.1. The lowest BCUT2D eigenvalue weighted by Gasteiger charge is -2.15. The molecule has 0 bridgehead atoms. The van der Waals surface area contributed by atoms with Crippen molar-refractivity contribution in [1.82, 2.24) is 9.78 Å². The molecule has 1 aliphatic rings. The summed E-state index contributed by atoms with van der Waals surface area (Å²) >= 11 is 0. The number of carbonyl (C=O) groups is 1. The summed E-state index contributed by atoms with van der Waals surface area (Å²) in [6.07, 6.45) is 6.24. The van der Waals surface area contributed by atoms with Crippen LogP contribution in [-0.4, -0.2) is 15.7 Å². The van der Waals surface area contributed by atoms with Crippen molar-refractivity contribution < 1.29 is 9.21 Å². The van der Waals surface area contributed by atoms with E-state index in [9.17, 15) is 9.59 Å². The number of hydrogen-bond acceptors (Lipinski definition) is 4. The van der Waals surface area contributed by atoms with Crippen LogP contribution in [0.1, 0.15) is 47.8 Å². The molecule has 1 aromatic carbocycles. The Balaban J connectivity index is 1.67. The van der Waals surface area contributed by atoms with Gasteiger partial charge in [0.05, 0.1) is 17.6 Å². The monoisotopic (exact) mass is 337 g/mol. The highest BCUT2D eigenvalue weighted by molar-refractivity contribution is 6.02. The van der Waals surface area contributed by atoms with Crippen molar-refractivity contribution in [3.05, 3.63) is 58.1 Å². The van der Waals surface area contributed by atoms with E-state index in [-0.39, 0.29) is 11.2 Å². The number of carbonyl (C=O) groups excluding carboxylic acids is 1. The number of nitrogens with one attached hydrogen (secondary N) is 1. The first kappa shape index (κ1) is 15.6. The molecule has 1 N–H and O–H groups in total. The number of anilines is 1. The third-order valence-electron chi connectivity index (χ3n) is 4.74. The predicted octanol–water partition coefficient (Wildman–Crippen LogP) is 3.67. The van der Waals surface area contributed by atoms with Crippen LogP contribution < -0.4 is 10.7 Å². The van der Waals surface area contributed by atoms with Gasteiger partial charge in [-0.05, 0) is 31.9 Å². The molecule has 3 aromatic rings. The zero-order chi connectivity index (χ0) is 17.4. The van der Waals surface area contributed by atoms with Crippen LogP contribution in [0.2, 0.25) is 0 Å². The largest absolute Gasteiger partial charge is 0.451 e. The molecule has 25 heavy (non-hydrogen) atoms. The van der Waals surface area contributed by atoms with E-state index in [1.165, 1.54) is 18.9 Å². The van der Waals surface area contributed by atoms with Gasteiger partial charge in [-0.1, -0.05) is 25.0 Å². The zero-order valence-corrected chi connectivity index (χ0v) is 14.0. The molecule has 2 heterocycles. The molecule has 6 heteroatoms. The molecular weight excluding hydrogens is 318 g/mol. The van der Waals surface area contributed by atoms with Gasteiger partial charge in [0.25, 0.3) is 5.91 Å². The second-order valence-electron chi connectivity index (χ2n) is 6.48. The smallest absolute Gasteiger partial charge is 0.292 e. The fourth-order valence-corrected chi connectivity index (χ4v) is 3.41. The number of benzene rings is 1. The average molecular weight is 337 g/mol. The van der Waals surface area contributed by atoms with Gasteiger partial charge in [0.15, 0.2) is 11.2 Å². The maximum Gasteiger partial charge on any atom is 0.292 e. The van der Waals surface area contributed by atoms with Crippen LogP contribution in [0.5, 0.6) is 0 Å². The van der Waals surface area contributed by atoms with Crippen LogP contribution in [0.4, 0.5) is 5.82 Å². The van der Waals surface area contributed by atoms with E-state index in [2.05, 4.69) is 10.4 Å². The number of aromatic nitrogens is 2. The Kier molecular flexibility index (Phi) is 3.87. The van der Waals surface area contributed by atoms with Gasteiger partial charge in [-0.25, -0.2) is 4.68 Å². The molecule has 0 atom stereocenters. The molecule has 0 unspecified atom stereocenters. The van der Waals surface area contributed by atoms with Crippen molar-refractivity contribution in [1.29, 1.82) is 0 Å². The van der Waals surface area contributed by atoms with E-state index in [4.69, 9.17) is 4.42 Å². The zero-order valence-electron chi connectivity index (χ0n) is 14.0. The summed E-state index contributed by atoms with van der Waals surface area (Å²) < 4.78 is 7.50. The highest BCUT2D eigenvalue weighted by Crippen LogP contribution is 2.32. The molecule has 0 spiro atoms. The van der Waals surface area contributed by atoms with Crippen LogP contribution in [0, 0.1) is 6.92 Å². The normalized spacial score (nSPS) is 14.9. The summed E-state index contributed by atoms with van der Waals surface area (Å²) in [4.78, 5) is 24.8. The lowest BCUT2D eigenvalue weighted by atomic mass is 10.2. The third-order valence-corrected chi connectivity index (χ3v) is 4.74. The topological polar surface area (TPSA) is 77.1 Å². The van der Waals surface area contributed by atoms with Crippen molar-refractivity contribution in [2.45, 2.75) is 38.6 Å². The number of aryl methyl sites for hydroxylation is 1. The van der Waals surface area contributed by atoms with Gasteiger partial charge in [-0.3, -0.25) is 9.59 Å². The number of rotatable bonds is 3. The van der Waals surface area contributed by atoms with Crippen LogP contribution in [0.25, 0.3) is 11.0 Å². The molecule has 2 aromatic heterocycles. The van der Waals surface area contributed by atoms with Gasteiger partial charge < -0.3 is 9.73 Å². The molecule has 1 saturated carbocycles. The van der Waals surface area contributed by atoms with Gasteiger partial charge in [0.1, 0.15) is 11.4 Å². The number of nitrogens with zero attached hydrogens (tertiary/aromatic N) is 2. The highest BCUT2D eigenvalue weighted by Gasteiger charge is 2.23. The Labute approximate surface area is 144 Å². The molecule has 128 valence electrons. The molecule has 4 rings (SSSR count). The van der Waals surface area contributed by atoms with Gasteiger partial charge in [0.2, 0.25) is 0 Å². The summed E-state index contributed by atoms with van der Waals surface area (Å²) in [5.74, 6) is 0.237. The van der Waals surface area contributed by atoms with Gasteiger partial charge in [-0.15, -0.1) is 0 Å². The summed E-state index contributed by atoms with van der Waals surface area (Å²) in [5, 5.41) is 7.76. The number of para-hydroxylation sites is 1. The second-order valence-corrected chi connectivity index (χ2v) is 6.48. The summed E-state index contributed by atoms with van der Waals surface area (Å²) in [6, 6.07) is 8.45. The van der Waals surface area contributed by atoms with E-state index < -0.39 is 5.91 Å². The molecule has 1 aliphatic carbocycles. The Morgan fingerprint density at radius 3 is 2.84 bits per heavy atom. The molecule has 0 radical (unpaired) electrons. The maximum absolute atomic E-state index is 12.6. The predicted molar refractivity (Wildman–Crippen MR) is 94.9 cm³/mol. The standard InChI is InChI=1S/C19H19N3O3/c1-12-11-20-22(13-6-2-3-7-13)18(12)21-19(24)17-10-15(23)14-8-4-5-9-16(14)25-17/h4-5,8-11,13H,2-3,6-7H2,1H3,(H,21,24). The Morgan fingerprint density at radius 2 is 2.04 bits per heavy atom. The molecule has 1 amide bonds. The van der Waals surface area contributed by atoms with E-state index in [1.807, 2.05) is 11.6 Å². The Bertz CT molecular complexity index is 997. The van der Waals surface area contributed by atoms with E-state index in [0.717, 1.165) is 18.4 Å². The molecule has 0 aliphatic heterocycles. The minimum absolute atomic E-state index is 0.00210. The van der Waals surface area contributed by atoms with Crippen molar-refractivity contribution in [3.63, 3.8) is 0 Å². The third kappa shape index (κ3) is 2.84. The van der Waals surface area contributed by atoms with Crippen LogP contribution in [0.3, 0.4) is 0 Å². The minimum Gasteiger partial charge on any atom is -0.451 e. The first-order valence-electron chi connectivity index (χ1n) is 8.52. The SMILES string of the molecule is Cc1cnn(C2CCCC2)c1NC(=O)c1cc(=O)c2ccccc2o1. The summed E-state index contributed by atoms with van der Waals surface area (Å²) in [5.41, 5.74) is 1.07. The van der Waals surface area contributed by atoms with Crippen molar-refractivity contribution in [2.75, 3.05) is 5.32 Å².